The van der Waals surface area contributed by atoms with E-state index in [1.165, 1.54) is 11.3 Å². The first-order chi connectivity index (χ1) is 8.79. The van der Waals surface area contributed by atoms with Crippen LogP contribution in [0.25, 0.3) is 0 Å². The lowest BCUT2D eigenvalue weighted by molar-refractivity contribution is 0.340. The number of hydrogen-bond acceptors (Lipinski definition) is 5. The predicted octanol–water partition coefficient (Wildman–Crippen LogP) is 3.64. The van der Waals surface area contributed by atoms with E-state index in [2.05, 4.69) is 15.5 Å². The summed E-state index contributed by atoms with van der Waals surface area (Å²) in [5, 5.41) is 7.29. The van der Waals surface area contributed by atoms with Gasteiger partial charge in [0.1, 0.15) is 5.75 Å². The van der Waals surface area contributed by atoms with E-state index in [-0.39, 0.29) is 0 Å². The number of nitrogens with one attached hydrogen (secondary N) is 1. The molecular weight excluding hydrogens is 270 g/mol. The van der Waals surface area contributed by atoms with Gasteiger partial charge in [0.15, 0.2) is 0 Å². The van der Waals surface area contributed by atoms with Gasteiger partial charge >= 0.3 is 0 Å². The van der Waals surface area contributed by atoms with Gasteiger partial charge < -0.3 is 4.74 Å². The van der Waals surface area contributed by atoms with Gasteiger partial charge in [-0.15, -0.1) is 11.3 Å². The molecule has 0 atom stereocenters. The molecule has 0 aliphatic carbocycles. The Balaban J connectivity index is 2.01. The Morgan fingerprint density at radius 1 is 1.56 bits per heavy atom. The third kappa shape index (κ3) is 3.45. The molecule has 6 heteroatoms. The van der Waals surface area contributed by atoms with Gasteiger partial charge in [-0.25, -0.2) is 4.98 Å². The minimum absolute atomic E-state index is 0.579. The highest BCUT2D eigenvalue weighted by Gasteiger charge is 2.00. The molecule has 1 heterocycles. The third-order valence-electron chi connectivity index (χ3n) is 2.06. The van der Waals surface area contributed by atoms with Crippen LogP contribution in [0.1, 0.15) is 12.5 Å². The second-order valence-corrected chi connectivity index (χ2v) is 4.63. The minimum Gasteiger partial charge on any atom is -0.492 e. The summed E-state index contributed by atoms with van der Waals surface area (Å²) in [4.78, 5) is 4.05. The van der Waals surface area contributed by atoms with Gasteiger partial charge in [0.25, 0.3) is 0 Å². The number of nitrogens with zero attached hydrogens (tertiary/aromatic N) is 2. The summed E-state index contributed by atoms with van der Waals surface area (Å²) in [7, 11) is 0. The molecule has 1 aromatic carbocycles. The molecule has 0 saturated carbocycles. The number of aromatic nitrogens is 1. The van der Waals surface area contributed by atoms with E-state index in [0.717, 1.165) is 10.7 Å². The van der Waals surface area contributed by atoms with Crippen LogP contribution >= 0.6 is 22.9 Å². The number of rotatable bonds is 5. The molecule has 2 aromatic rings. The SMILES string of the molecule is CCOc1ccc(/C=N\Nc2nccs2)cc1Cl. The summed E-state index contributed by atoms with van der Waals surface area (Å²) in [6.07, 6.45) is 3.40. The Hall–Kier alpha value is -1.59. The third-order valence-corrected chi connectivity index (χ3v) is 3.04. The lowest BCUT2D eigenvalue weighted by Crippen LogP contribution is -1.94. The Labute approximate surface area is 114 Å². The molecule has 0 aliphatic rings. The molecule has 0 unspecified atom stereocenters. The van der Waals surface area contributed by atoms with Gasteiger partial charge in [-0.05, 0) is 30.7 Å². The molecule has 0 bridgehead atoms. The van der Waals surface area contributed by atoms with Crippen LogP contribution in [-0.4, -0.2) is 17.8 Å². The van der Waals surface area contributed by atoms with E-state index in [1.807, 2.05) is 24.4 Å². The summed E-state index contributed by atoms with van der Waals surface area (Å²) < 4.78 is 5.35. The molecule has 0 amide bonds. The normalized spacial score (nSPS) is 10.8. The maximum absolute atomic E-state index is 6.07. The number of hydrogen-bond donors (Lipinski definition) is 1. The fraction of sp³-hybridized carbons (Fsp3) is 0.167. The average Bonchev–Trinajstić information content (AvgIpc) is 2.86. The number of halogens is 1. The molecule has 0 saturated heterocycles. The van der Waals surface area contributed by atoms with Crippen LogP contribution in [0.4, 0.5) is 5.13 Å². The Kier molecular flexibility index (Phi) is 4.55. The lowest BCUT2D eigenvalue weighted by Gasteiger charge is -2.05. The fourth-order valence-electron chi connectivity index (χ4n) is 1.31. The van der Waals surface area contributed by atoms with Gasteiger partial charge in [0.2, 0.25) is 5.13 Å². The summed E-state index contributed by atoms with van der Waals surface area (Å²) >= 11 is 7.56. The van der Waals surface area contributed by atoms with Gasteiger partial charge in [0, 0.05) is 11.6 Å². The van der Waals surface area contributed by atoms with Crippen molar-refractivity contribution in [1.82, 2.24) is 4.98 Å². The molecule has 1 N–H and O–H groups in total. The zero-order valence-corrected chi connectivity index (χ0v) is 11.3. The Morgan fingerprint density at radius 3 is 3.11 bits per heavy atom. The van der Waals surface area contributed by atoms with E-state index in [4.69, 9.17) is 16.3 Å². The van der Waals surface area contributed by atoms with Crippen molar-refractivity contribution >= 4 is 34.3 Å². The zero-order valence-electron chi connectivity index (χ0n) is 9.76. The van der Waals surface area contributed by atoms with Gasteiger partial charge in [-0.3, -0.25) is 5.43 Å². The summed E-state index contributed by atoms with van der Waals surface area (Å²) in [5.74, 6) is 0.684. The van der Waals surface area contributed by atoms with Crippen LogP contribution in [0.5, 0.6) is 5.75 Å². The minimum atomic E-state index is 0.579. The van der Waals surface area contributed by atoms with E-state index in [9.17, 15) is 0 Å². The zero-order chi connectivity index (χ0) is 12.8. The van der Waals surface area contributed by atoms with Gasteiger partial charge in [0.05, 0.1) is 17.8 Å². The number of hydrazone groups is 1. The first-order valence-corrected chi connectivity index (χ1v) is 6.66. The quantitative estimate of drug-likeness (QED) is 0.672. The van der Waals surface area contributed by atoms with Crippen LogP contribution in [0.2, 0.25) is 5.02 Å². The van der Waals surface area contributed by atoms with Crippen LogP contribution in [-0.2, 0) is 0 Å². The molecule has 0 aliphatic heterocycles. The van der Waals surface area contributed by atoms with Crippen molar-refractivity contribution < 1.29 is 4.74 Å². The van der Waals surface area contributed by atoms with Gasteiger partial charge in [-0.2, -0.15) is 5.10 Å². The van der Waals surface area contributed by atoms with E-state index in [1.54, 1.807) is 18.5 Å². The number of thiazole rings is 1. The summed E-state index contributed by atoms with van der Waals surface area (Å²) in [6, 6.07) is 5.53. The Morgan fingerprint density at radius 2 is 2.44 bits per heavy atom. The topological polar surface area (TPSA) is 46.5 Å². The smallest absolute Gasteiger partial charge is 0.203 e. The first-order valence-electron chi connectivity index (χ1n) is 5.40. The van der Waals surface area contributed by atoms with Crippen LogP contribution in [0.15, 0.2) is 34.9 Å². The molecule has 0 fully saturated rings. The predicted molar refractivity (Wildman–Crippen MR) is 76.0 cm³/mol. The average molecular weight is 282 g/mol. The monoisotopic (exact) mass is 281 g/mol. The largest absolute Gasteiger partial charge is 0.492 e. The number of anilines is 1. The van der Waals surface area contributed by atoms with E-state index < -0.39 is 0 Å². The van der Waals surface area contributed by atoms with Crippen LogP contribution in [0.3, 0.4) is 0 Å². The van der Waals surface area contributed by atoms with Crippen molar-refractivity contribution in [3.05, 3.63) is 40.4 Å². The number of benzene rings is 1. The second kappa shape index (κ2) is 6.37. The molecule has 1 aromatic heterocycles. The van der Waals surface area contributed by atoms with Crippen molar-refractivity contribution in [2.24, 2.45) is 5.10 Å². The highest BCUT2D eigenvalue weighted by atomic mass is 35.5. The van der Waals surface area contributed by atoms with E-state index in [0.29, 0.717) is 17.4 Å². The molecule has 4 nitrogen and oxygen atoms in total. The van der Waals surface area contributed by atoms with Crippen molar-refractivity contribution in [2.45, 2.75) is 6.92 Å². The van der Waals surface area contributed by atoms with Crippen LogP contribution < -0.4 is 10.2 Å². The summed E-state index contributed by atoms with van der Waals surface area (Å²) in [5.41, 5.74) is 3.73. The van der Waals surface area contributed by atoms with Crippen molar-refractivity contribution in [2.75, 3.05) is 12.0 Å². The highest BCUT2D eigenvalue weighted by Crippen LogP contribution is 2.24. The second-order valence-electron chi connectivity index (χ2n) is 3.33. The molecule has 94 valence electrons. The number of ether oxygens (including phenoxy) is 1. The first kappa shape index (κ1) is 12.9. The summed E-state index contributed by atoms with van der Waals surface area (Å²) in [6.45, 7) is 2.52. The van der Waals surface area contributed by atoms with Crippen molar-refractivity contribution in [3.8, 4) is 5.75 Å². The molecular formula is C12H12ClN3OS. The Bertz CT molecular complexity index is 528. The fourth-order valence-corrected chi connectivity index (χ4v) is 2.03. The maximum atomic E-state index is 6.07. The standard InChI is InChI=1S/C12H12ClN3OS/c1-2-17-11-4-3-9(7-10(11)13)8-15-16-12-14-5-6-18-12/h3-8H,2H2,1H3,(H,14,16)/b15-8-. The lowest BCUT2D eigenvalue weighted by atomic mass is 10.2. The molecule has 2 rings (SSSR count). The maximum Gasteiger partial charge on any atom is 0.203 e. The molecule has 18 heavy (non-hydrogen) atoms. The van der Waals surface area contributed by atoms with Gasteiger partial charge in [-0.1, -0.05) is 11.6 Å². The highest BCUT2D eigenvalue weighted by molar-refractivity contribution is 7.13. The molecule has 0 spiro atoms. The van der Waals surface area contributed by atoms with E-state index >= 15 is 0 Å². The molecule has 0 radical (unpaired) electrons. The van der Waals surface area contributed by atoms with Crippen molar-refractivity contribution in [1.29, 1.82) is 0 Å². The van der Waals surface area contributed by atoms with Crippen LogP contribution in [0, 0.1) is 0 Å². The van der Waals surface area contributed by atoms with Crippen molar-refractivity contribution in [3.63, 3.8) is 0 Å².